The van der Waals surface area contributed by atoms with Crippen molar-refractivity contribution in [2.75, 3.05) is 32.3 Å². The number of aromatic nitrogens is 2. The highest BCUT2D eigenvalue weighted by Crippen LogP contribution is 2.32. The molecule has 10 heteroatoms. The summed E-state index contributed by atoms with van der Waals surface area (Å²) in [5.41, 5.74) is 4.86. The molecule has 0 saturated heterocycles. The minimum Gasteiger partial charge on any atom is -0.489 e. The molecule has 0 saturated carbocycles. The molecule has 1 atom stereocenters. The van der Waals surface area contributed by atoms with Crippen molar-refractivity contribution in [2.45, 2.75) is 32.2 Å². The summed E-state index contributed by atoms with van der Waals surface area (Å²) >= 11 is 0. The van der Waals surface area contributed by atoms with Gasteiger partial charge in [0.15, 0.2) is 0 Å². The second kappa shape index (κ2) is 10.4. The molecule has 0 unspecified atom stereocenters. The van der Waals surface area contributed by atoms with Gasteiger partial charge in [-0.1, -0.05) is 13.8 Å². The van der Waals surface area contributed by atoms with Crippen molar-refractivity contribution in [1.29, 1.82) is 0 Å². The van der Waals surface area contributed by atoms with Gasteiger partial charge in [0.2, 0.25) is 0 Å². The minimum absolute atomic E-state index is 0.114. The molecule has 0 radical (unpaired) electrons. The molecule has 0 aliphatic heterocycles. The maximum atomic E-state index is 13.7. The Morgan fingerprint density at radius 3 is 2.58 bits per heavy atom. The quantitative estimate of drug-likeness (QED) is 0.623. The molecular formula is C21H27F3N4O3. The van der Waals surface area contributed by atoms with Gasteiger partial charge in [-0.15, -0.1) is 0 Å². The van der Waals surface area contributed by atoms with Crippen LogP contribution in [0.15, 0.2) is 30.5 Å². The van der Waals surface area contributed by atoms with E-state index >= 15 is 0 Å². The van der Waals surface area contributed by atoms with Gasteiger partial charge in [0.05, 0.1) is 18.3 Å². The molecular weight excluding hydrogens is 413 g/mol. The van der Waals surface area contributed by atoms with Crippen LogP contribution in [-0.4, -0.2) is 49.0 Å². The summed E-state index contributed by atoms with van der Waals surface area (Å²) < 4.78 is 50.9. The lowest BCUT2D eigenvalue weighted by Crippen LogP contribution is -2.49. The lowest BCUT2D eigenvalue weighted by molar-refractivity contribution is 0.127. The number of anilines is 1. The van der Waals surface area contributed by atoms with Gasteiger partial charge in [-0.25, -0.2) is 27.9 Å². The first-order chi connectivity index (χ1) is 14.6. The number of rotatable bonds is 9. The number of pyridine rings is 2. The van der Waals surface area contributed by atoms with Gasteiger partial charge in [-0.3, -0.25) is 4.90 Å². The number of halogens is 3. The fourth-order valence-electron chi connectivity index (χ4n) is 3.08. The first-order valence-electron chi connectivity index (χ1n) is 9.65. The van der Waals surface area contributed by atoms with Gasteiger partial charge >= 0.3 is 6.09 Å². The highest BCUT2D eigenvalue weighted by atomic mass is 19.3. The van der Waals surface area contributed by atoms with Crippen LogP contribution < -0.4 is 15.4 Å². The van der Waals surface area contributed by atoms with E-state index < -0.39 is 30.4 Å². The Balaban J connectivity index is 2.31. The molecule has 2 heterocycles. The fraction of sp³-hybridized carbons (Fsp3) is 0.476. The van der Waals surface area contributed by atoms with Gasteiger partial charge in [-0.2, -0.15) is 0 Å². The van der Waals surface area contributed by atoms with Crippen molar-refractivity contribution in [1.82, 2.24) is 9.97 Å². The Kier molecular flexibility index (Phi) is 8.21. The first kappa shape index (κ1) is 24.4. The predicted octanol–water partition coefficient (Wildman–Crippen LogP) is 4.38. The van der Waals surface area contributed by atoms with Crippen LogP contribution in [0.3, 0.4) is 0 Å². The SMILES string of the molecule is COC(=O)N(C)c1cc(-c2ccc(OC[C@@](N)(CF)CC(C)C)c(C(F)F)n2)ccn1. The van der Waals surface area contributed by atoms with Gasteiger partial charge in [0.25, 0.3) is 6.43 Å². The minimum atomic E-state index is -2.92. The topological polar surface area (TPSA) is 90.6 Å². The molecule has 1 amide bonds. The summed E-state index contributed by atoms with van der Waals surface area (Å²) in [6, 6.07) is 5.94. The normalized spacial score (nSPS) is 13.2. The Morgan fingerprint density at radius 2 is 2.00 bits per heavy atom. The summed E-state index contributed by atoms with van der Waals surface area (Å²) in [4.78, 5) is 21.0. The monoisotopic (exact) mass is 440 g/mol. The van der Waals surface area contributed by atoms with Crippen molar-refractivity contribution in [3.8, 4) is 17.0 Å². The number of carbonyl (C=O) groups is 1. The van der Waals surface area contributed by atoms with E-state index in [1.54, 1.807) is 6.07 Å². The van der Waals surface area contributed by atoms with E-state index in [9.17, 15) is 18.0 Å². The van der Waals surface area contributed by atoms with E-state index in [1.807, 2.05) is 13.8 Å². The number of ether oxygens (including phenoxy) is 2. The zero-order valence-corrected chi connectivity index (χ0v) is 17.9. The Bertz CT molecular complexity index is 898. The van der Waals surface area contributed by atoms with Crippen LogP contribution in [0, 0.1) is 5.92 Å². The Hall–Kier alpha value is -2.88. The van der Waals surface area contributed by atoms with Gasteiger partial charge in [0.1, 0.15) is 30.5 Å². The fourth-order valence-corrected chi connectivity index (χ4v) is 3.08. The van der Waals surface area contributed by atoms with Crippen LogP contribution in [-0.2, 0) is 4.74 Å². The van der Waals surface area contributed by atoms with E-state index in [1.165, 1.54) is 43.5 Å². The van der Waals surface area contributed by atoms with Crippen LogP contribution in [0.25, 0.3) is 11.3 Å². The molecule has 170 valence electrons. The molecule has 7 nitrogen and oxygen atoms in total. The molecule has 0 fully saturated rings. The number of nitrogens with zero attached hydrogens (tertiary/aromatic N) is 3. The van der Waals surface area contributed by atoms with E-state index in [4.69, 9.17) is 10.5 Å². The molecule has 0 spiro atoms. The average molecular weight is 440 g/mol. The van der Waals surface area contributed by atoms with E-state index in [0.717, 1.165) is 0 Å². The van der Waals surface area contributed by atoms with Crippen LogP contribution in [0.2, 0.25) is 0 Å². The number of hydrogen-bond donors (Lipinski definition) is 1. The predicted molar refractivity (Wildman–Crippen MR) is 111 cm³/mol. The van der Waals surface area contributed by atoms with Gasteiger partial charge in [0, 0.05) is 18.8 Å². The van der Waals surface area contributed by atoms with E-state index in [0.29, 0.717) is 12.0 Å². The Labute approximate surface area is 179 Å². The molecule has 2 aromatic rings. The first-order valence-corrected chi connectivity index (χ1v) is 9.65. The maximum Gasteiger partial charge on any atom is 0.414 e. The van der Waals surface area contributed by atoms with E-state index in [-0.39, 0.29) is 29.8 Å². The largest absolute Gasteiger partial charge is 0.489 e. The summed E-state index contributed by atoms with van der Waals surface area (Å²) in [7, 11) is 2.70. The number of amides is 1. The average Bonchev–Trinajstić information content (AvgIpc) is 2.76. The number of alkyl halides is 3. The van der Waals surface area contributed by atoms with Gasteiger partial charge in [-0.05, 0) is 36.6 Å². The molecule has 0 aromatic carbocycles. The van der Waals surface area contributed by atoms with Crippen LogP contribution in [0.1, 0.15) is 32.4 Å². The van der Waals surface area contributed by atoms with Crippen molar-refractivity contribution < 1.29 is 27.4 Å². The molecule has 0 aliphatic rings. The number of carbonyl (C=O) groups excluding carboxylic acids is 1. The van der Waals surface area contributed by atoms with Crippen LogP contribution in [0.5, 0.6) is 5.75 Å². The zero-order chi connectivity index (χ0) is 23.2. The molecule has 2 rings (SSSR count). The van der Waals surface area contributed by atoms with Gasteiger partial charge < -0.3 is 15.2 Å². The summed E-state index contributed by atoms with van der Waals surface area (Å²) in [5.74, 6) is 0.213. The molecule has 2 aromatic heterocycles. The molecule has 0 aliphatic carbocycles. The molecule has 31 heavy (non-hydrogen) atoms. The van der Waals surface area contributed by atoms with Crippen LogP contribution in [0.4, 0.5) is 23.8 Å². The second-order valence-electron chi connectivity index (χ2n) is 7.69. The van der Waals surface area contributed by atoms with E-state index in [2.05, 4.69) is 14.7 Å². The number of hydrogen-bond acceptors (Lipinski definition) is 6. The van der Waals surface area contributed by atoms with Crippen molar-refractivity contribution in [2.24, 2.45) is 11.7 Å². The summed E-state index contributed by atoms with van der Waals surface area (Å²) in [6.45, 7) is 2.68. The smallest absolute Gasteiger partial charge is 0.414 e. The summed E-state index contributed by atoms with van der Waals surface area (Å²) in [6.07, 6.45) is -1.79. The number of methoxy groups -OCH3 is 1. The standard InChI is InChI=1S/C21H27F3N4O3/c1-13(2)10-21(25,11-22)12-31-16-6-5-15(27-18(16)19(23)24)14-7-8-26-17(9-14)28(3)20(29)30-4/h5-9,13,19H,10-12,25H2,1-4H3/t21-/m0/s1. The summed E-state index contributed by atoms with van der Waals surface area (Å²) in [5, 5.41) is 0. The van der Waals surface area contributed by atoms with Crippen molar-refractivity contribution >= 4 is 11.9 Å². The number of nitrogens with two attached hydrogens (primary N) is 1. The zero-order valence-electron chi connectivity index (χ0n) is 17.9. The lowest BCUT2D eigenvalue weighted by Gasteiger charge is -2.28. The highest BCUT2D eigenvalue weighted by Gasteiger charge is 2.29. The maximum absolute atomic E-state index is 13.7. The third-order valence-corrected chi connectivity index (χ3v) is 4.52. The third-order valence-electron chi connectivity index (χ3n) is 4.52. The van der Waals surface area contributed by atoms with Crippen molar-refractivity contribution in [3.63, 3.8) is 0 Å². The molecule has 2 N–H and O–H groups in total. The lowest BCUT2D eigenvalue weighted by atomic mass is 9.92. The Morgan fingerprint density at radius 1 is 1.29 bits per heavy atom. The second-order valence-corrected chi connectivity index (χ2v) is 7.69. The van der Waals surface area contributed by atoms with Crippen molar-refractivity contribution in [3.05, 3.63) is 36.2 Å². The van der Waals surface area contributed by atoms with Crippen LogP contribution >= 0.6 is 0 Å². The molecule has 0 bridgehead atoms. The highest BCUT2D eigenvalue weighted by molar-refractivity contribution is 5.86. The third kappa shape index (κ3) is 6.30.